The van der Waals surface area contributed by atoms with Crippen LogP contribution in [0.5, 0.6) is 0 Å². The average Bonchev–Trinajstić information content (AvgIpc) is 0.811. The first-order chi connectivity index (χ1) is 1.73. The second-order valence-electron chi connectivity index (χ2n) is 0.238. The molecule has 0 fully saturated rings. The fraction of sp³-hybridized carbons (Fsp3) is 0. The second kappa shape index (κ2) is 9.88. The van der Waals surface area contributed by atoms with Crippen molar-refractivity contribution in [2.75, 3.05) is 0 Å². The van der Waals surface area contributed by atoms with Gasteiger partial charge in [0.2, 0.25) is 0 Å². The topological polar surface area (TPSA) is 89.4 Å². The molecule has 0 bridgehead atoms. The molecule has 0 radical (unpaired) electrons. The van der Waals surface area contributed by atoms with E-state index in [9.17, 15) is 0 Å². The first-order valence-corrected chi connectivity index (χ1v) is 2.33. The maximum absolute atomic E-state index is 8.67. The van der Waals surface area contributed by atoms with Gasteiger partial charge in [0.05, 0.1) is 0 Å². The molecular weight excluding hydrogens is 152 g/mol. The molecular formula is H5KNO3V. The molecule has 0 aromatic rings. The van der Waals surface area contributed by atoms with Crippen LogP contribution in [0.1, 0.15) is 0 Å². The van der Waals surface area contributed by atoms with E-state index in [0.29, 0.717) is 0 Å². The molecule has 0 aliphatic rings. The predicted molar refractivity (Wildman–Crippen MR) is 15.8 cm³/mol. The molecule has 34 valence electrons. The molecule has 0 atom stereocenters. The molecule has 0 saturated carbocycles. The Morgan fingerprint density at radius 3 is 1.33 bits per heavy atom. The molecule has 0 aliphatic heterocycles. The molecule has 0 aliphatic carbocycles. The first kappa shape index (κ1) is 15.6. The number of hydrogen-bond donors (Lipinski definition) is 2. The zero-order valence-corrected chi connectivity index (χ0v) is 3.81. The van der Waals surface area contributed by atoms with Gasteiger partial charge in [0.25, 0.3) is 0 Å². The van der Waals surface area contributed by atoms with Gasteiger partial charge in [0.1, 0.15) is 0 Å². The number of hydrogen-bond acceptors (Lipinski definition) is 3. The van der Waals surface area contributed by atoms with Crippen molar-refractivity contribution < 1.29 is 26.8 Å². The molecule has 0 amide bonds. The van der Waals surface area contributed by atoms with Gasteiger partial charge in [0.15, 0.2) is 0 Å². The van der Waals surface area contributed by atoms with Gasteiger partial charge >= 0.3 is 78.2 Å². The van der Waals surface area contributed by atoms with E-state index in [1.165, 1.54) is 0 Å². The van der Waals surface area contributed by atoms with Crippen LogP contribution in [0.2, 0.25) is 0 Å². The van der Waals surface area contributed by atoms with Crippen LogP contribution in [0.15, 0.2) is 0 Å². The molecule has 0 spiro atoms. The summed E-state index contributed by atoms with van der Waals surface area (Å²) in [4.78, 5) is 0. The third-order valence-electron chi connectivity index (χ3n) is 0. The normalized spacial score (nSPS) is 4.17. The quantitative estimate of drug-likeness (QED) is 0.428. The molecule has 0 rings (SSSR count). The third kappa shape index (κ3) is 42.6. The summed E-state index contributed by atoms with van der Waals surface area (Å²) in [6, 6.07) is 0. The van der Waals surface area contributed by atoms with Crippen molar-refractivity contribution in [2.24, 2.45) is 0 Å². The molecule has 0 saturated heterocycles. The van der Waals surface area contributed by atoms with Crippen molar-refractivity contribution >= 4 is 51.4 Å². The van der Waals surface area contributed by atoms with Crippen molar-refractivity contribution in [1.29, 1.82) is 0 Å². The van der Waals surface area contributed by atoms with Gasteiger partial charge in [-0.3, -0.25) is 0 Å². The second-order valence-corrected chi connectivity index (χ2v) is 0.981. The van der Waals surface area contributed by atoms with Gasteiger partial charge in [-0.1, -0.05) is 0 Å². The summed E-state index contributed by atoms with van der Waals surface area (Å²) in [6.07, 6.45) is 0. The van der Waals surface area contributed by atoms with Crippen LogP contribution in [0.3, 0.4) is 0 Å². The van der Waals surface area contributed by atoms with E-state index >= 15 is 0 Å². The van der Waals surface area contributed by atoms with Crippen molar-refractivity contribution in [1.82, 2.24) is 6.15 Å². The number of rotatable bonds is 0. The van der Waals surface area contributed by atoms with Crippen LogP contribution in [0.4, 0.5) is 0 Å². The van der Waals surface area contributed by atoms with Crippen LogP contribution in [-0.4, -0.2) is 55.4 Å². The Hall–Kier alpha value is 1.74. The van der Waals surface area contributed by atoms with E-state index in [4.69, 9.17) is 11.4 Å². The Kier molecular flexibility index (Phi) is 25.8. The van der Waals surface area contributed by atoms with Gasteiger partial charge in [-0.15, -0.1) is 0 Å². The fourth-order valence-corrected chi connectivity index (χ4v) is 0. The van der Waals surface area contributed by atoms with E-state index < -0.39 is 15.4 Å². The van der Waals surface area contributed by atoms with Crippen LogP contribution >= 0.6 is 0 Å². The molecule has 0 aromatic carbocycles. The first-order valence-electron chi connectivity index (χ1n) is 0.565. The minimum atomic E-state index is -3.69. The SMILES string of the molecule is N.[KH].[O]=[V](=[O])[OH]. The van der Waals surface area contributed by atoms with Gasteiger partial charge in [-0.2, -0.15) is 0 Å². The van der Waals surface area contributed by atoms with Gasteiger partial charge < -0.3 is 6.15 Å². The van der Waals surface area contributed by atoms with E-state index in [2.05, 4.69) is 0 Å². The molecule has 4 N–H and O–H groups in total. The summed E-state index contributed by atoms with van der Waals surface area (Å²) in [5.74, 6) is 0. The molecule has 0 aromatic heterocycles. The summed E-state index contributed by atoms with van der Waals surface area (Å²) in [5, 5.41) is 0. The van der Waals surface area contributed by atoms with Gasteiger partial charge in [0, 0.05) is 0 Å². The molecule has 0 unspecified atom stereocenters. The molecule has 0 heterocycles. The summed E-state index contributed by atoms with van der Waals surface area (Å²) in [6.45, 7) is 0. The summed E-state index contributed by atoms with van der Waals surface area (Å²) < 4.78 is 24.4. The van der Waals surface area contributed by atoms with Crippen molar-refractivity contribution in [3.8, 4) is 0 Å². The molecule has 6 heteroatoms. The maximum atomic E-state index is 8.67. The Bertz CT molecular complexity index is 59.2. The van der Waals surface area contributed by atoms with Gasteiger partial charge in [-0.05, 0) is 0 Å². The van der Waals surface area contributed by atoms with E-state index in [-0.39, 0.29) is 57.5 Å². The van der Waals surface area contributed by atoms with Crippen LogP contribution in [0, 0.1) is 0 Å². The van der Waals surface area contributed by atoms with Crippen LogP contribution < -0.4 is 6.15 Å². The third-order valence-corrected chi connectivity index (χ3v) is 0. The summed E-state index contributed by atoms with van der Waals surface area (Å²) in [5.41, 5.74) is 0. The monoisotopic (exact) mass is 157 g/mol. The predicted octanol–water partition coefficient (Wildman–Crippen LogP) is -1.28. The summed E-state index contributed by atoms with van der Waals surface area (Å²) >= 11 is -3.69. The van der Waals surface area contributed by atoms with E-state index in [1.54, 1.807) is 0 Å². The van der Waals surface area contributed by atoms with Crippen LogP contribution in [-0.2, 0) is 22.7 Å². The van der Waals surface area contributed by atoms with Crippen molar-refractivity contribution in [2.45, 2.75) is 0 Å². The molecule has 4 nitrogen and oxygen atoms in total. The Morgan fingerprint density at radius 1 is 1.33 bits per heavy atom. The Labute approximate surface area is 82.7 Å². The average molecular weight is 157 g/mol. The minimum absolute atomic E-state index is 0. The zero-order valence-electron chi connectivity index (χ0n) is 2.42. The van der Waals surface area contributed by atoms with Gasteiger partial charge in [-0.25, -0.2) is 0 Å². The zero-order chi connectivity index (χ0) is 3.58. The standard InChI is InChI=1S/K.H3N.H2O.2O.V.H/h;1H3;1H2;;;;/q;;;;;+1;/p-1. The van der Waals surface area contributed by atoms with Crippen molar-refractivity contribution in [3.05, 3.63) is 0 Å². The van der Waals surface area contributed by atoms with Crippen molar-refractivity contribution in [3.63, 3.8) is 0 Å². The summed E-state index contributed by atoms with van der Waals surface area (Å²) in [7, 11) is 0. The van der Waals surface area contributed by atoms with Crippen LogP contribution in [0.25, 0.3) is 0 Å². The van der Waals surface area contributed by atoms with E-state index in [1.807, 2.05) is 0 Å². The molecule has 6 heavy (non-hydrogen) atoms. The fourth-order valence-electron chi connectivity index (χ4n) is 0. The van der Waals surface area contributed by atoms with E-state index in [0.717, 1.165) is 0 Å². The Balaban J connectivity index is -0.0000000450. The Morgan fingerprint density at radius 2 is 1.33 bits per heavy atom.